The van der Waals surface area contributed by atoms with Gasteiger partial charge in [0.25, 0.3) is 0 Å². The molecule has 1 amide bonds. The number of amides is 1. The number of aromatic amines is 1. The van der Waals surface area contributed by atoms with Crippen LogP contribution in [-0.4, -0.2) is 28.1 Å². The van der Waals surface area contributed by atoms with Crippen molar-refractivity contribution in [1.82, 2.24) is 4.98 Å². The highest BCUT2D eigenvalue weighted by molar-refractivity contribution is 6.57. The topological polar surface area (TPSA) is 99.3 Å². The first-order valence-electron chi connectivity index (χ1n) is 2.95. The molecule has 0 spiro atoms. The van der Waals surface area contributed by atoms with Gasteiger partial charge in [-0.25, -0.2) is 0 Å². The van der Waals surface area contributed by atoms with E-state index in [4.69, 9.17) is 15.8 Å². The number of nitrogens with one attached hydrogen (secondary N) is 1. The highest BCUT2D eigenvalue weighted by Crippen LogP contribution is 1.92. The van der Waals surface area contributed by atoms with Crippen molar-refractivity contribution in [1.29, 1.82) is 0 Å². The zero-order valence-electron chi connectivity index (χ0n) is 5.61. The Morgan fingerprint density at radius 3 is 2.55 bits per heavy atom. The Labute approximate surface area is 63.0 Å². The van der Waals surface area contributed by atoms with Gasteiger partial charge < -0.3 is 20.8 Å². The highest BCUT2D eigenvalue weighted by Gasteiger charge is 2.14. The van der Waals surface area contributed by atoms with Gasteiger partial charge >= 0.3 is 7.12 Å². The van der Waals surface area contributed by atoms with Crippen LogP contribution in [0.2, 0.25) is 0 Å². The van der Waals surface area contributed by atoms with E-state index in [0.717, 1.165) is 0 Å². The van der Waals surface area contributed by atoms with Gasteiger partial charge in [0.15, 0.2) is 0 Å². The molecule has 0 aliphatic rings. The van der Waals surface area contributed by atoms with Crippen molar-refractivity contribution in [3.8, 4) is 0 Å². The summed E-state index contributed by atoms with van der Waals surface area (Å²) in [5, 5.41) is 17.2. The maximum atomic E-state index is 10.5. The van der Waals surface area contributed by atoms with Crippen LogP contribution in [0.4, 0.5) is 0 Å². The standard InChI is InChI=1S/C5H7BN2O3/c7-5(9)3-1-4(6(10)11)8-2-3/h1-2,8,10-11H,(H2,7,9). The van der Waals surface area contributed by atoms with Crippen LogP contribution in [0.1, 0.15) is 10.4 Å². The molecule has 0 radical (unpaired) electrons. The normalized spacial score (nSPS) is 9.64. The lowest BCUT2D eigenvalue weighted by atomic mass is 9.86. The third-order valence-electron chi connectivity index (χ3n) is 1.27. The van der Waals surface area contributed by atoms with Gasteiger partial charge in [-0.15, -0.1) is 0 Å². The maximum Gasteiger partial charge on any atom is 0.505 e. The fourth-order valence-corrected chi connectivity index (χ4v) is 0.703. The van der Waals surface area contributed by atoms with Crippen molar-refractivity contribution in [2.75, 3.05) is 0 Å². The van der Waals surface area contributed by atoms with E-state index in [9.17, 15) is 4.79 Å². The predicted molar refractivity (Wildman–Crippen MR) is 39.1 cm³/mol. The van der Waals surface area contributed by atoms with Gasteiger partial charge in [-0.1, -0.05) is 0 Å². The average molecular weight is 154 g/mol. The quantitative estimate of drug-likeness (QED) is 0.363. The monoisotopic (exact) mass is 154 g/mol. The molecule has 6 heteroatoms. The van der Waals surface area contributed by atoms with Crippen molar-refractivity contribution in [3.05, 3.63) is 17.8 Å². The fraction of sp³-hybridized carbons (Fsp3) is 0. The highest BCUT2D eigenvalue weighted by atomic mass is 16.4. The van der Waals surface area contributed by atoms with E-state index in [1.165, 1.54) is 12.3 Å². The second kappa shape index (κ2) is 2.77. The van der Waals surface area contributed by atoms with Gasteiger partial charge in [0, 0.05) is 11.8 Å². The Hall–Kier alpha value is -1.27. The number of aromatic nitrogens is 1. The van der Waals surface area contributed by atoms with Crippen LogP contribution >= 0.6 is 0 Å². The van der Waals surface area contributed by atoms with Gasteiger partial charge in [0.1, 0.15) is 0 Å². The molecule has 1 heterocycles. The Balaban J connectivity index is 2.90. The summed E-state index contributed by atoms with van der Waals surface area (Å²) in [7, 11) is -1.59. The molecule has 0 saturated carbocycles. The molecule has 0 aliphatic heterocycles. The van der Waals surface area contributed by atoms with Crippen molar-refractivity contribution in [2.45, 2.75) is 0 Å². The Morgan fingerprint density at radius 2 is 2.27 bits per heavy atom. The summed E-state index contributed by atoms with van der Waals surface area (Å²) in [6, 6.07) is 1.28. The molecule has 0 fully saturated rings. The summed E-state index contributed by atoms with van der Waals surface area (Å²) in [5.41, 5.74) is 5.29. The molecule has 1 aromatic heterocycles. The van der Waals surface area contributed by atoms with E-state index in [-0.39, 0.29) is 11.2 Å². The second-order valence-corrected chi connectivity index (χ2v) is 2.08. The lowest BCUT2D eigenvalue weighted by Crippen LogP contribution is -2.30. The molecule has 0 saturated heterocycles. The minimum atomic E-state index is -1.59. The summed E-state index contributed by atoms with van der Waals surface area (Å²) >= 11 is 0. The molecule has 1 aromatic rings. The van der Waals surface area contributed by atoms with E-state index in [1.807, 2.05) is 0 Å². The van der Waals surface area contributed by atoms with Crippen molar-refractivity contribution in [3.63, 3.8) is 0 Å². The van der Waals surface area contributed by atoms with E-state index in [0.29, 0.717) is 0 Å². The van der Waals surface area contributed by atoms with Crippen LogP contribution in [0.5, 0.6) is 0 Å². The zero-order chi connectivity index (χ0) is 8.43. The number of primary amides is 1. The van der Waals surface area contributed by atoms with Crippen LogP contribution in [0.3, 0.4) is 0 Å². The first kappa shape index (κ1) is 7.84. The van der Waals surface area contributed by atoms with Gasteiger partial charge in [-0.3, -0.25) is 4.79 Å². The molecule has 0 atom stereocenters. The third kappa shape index (κ3) is 1.60. The summed E-state index contributed by atoms with van der Waals surface area (Å²) in [4.78, 5) is 13.0. The van der Waals surface area contributed by atoms with E-state index in [2.05, 4.69) is 4.98 Å². The molecule has 1 rings (SSSR count). The Kier molecular flexibility index (Phi) is 1.97. The van der Waals surface area contributed by atoms with Crippen LogP contribution < -0.4 is 11.3 Å². The number of carbonyl (C=O) groups is 1. The summed E-state index contributed by atoms with van der Waals surface area (Å²) < 4.78 is 0. The first-order chi connectivity index (χ1) is 5.11. The number of H-pyrrole nitrogens is 1. The predicted octanol–water partition coefficient (Wildman–Crippen LogP) is -2.21. The second-order valence-electron chi connectivity index (χ2n) is 2.08. The fourth-order valence-electron chi connectivity index (χ4n) is 0.703. The SMILES string of the molecule is NC(=O)c1c[nH]c(B(O)O)c1. The van der Waals surface area contributed by atoms with E-state index < -0.39 is 13.0 Å². The Morgan fingerprint density at radius 1 is 1.64 bits per heavy atom. The van der Waals surface area contributed by atoms with Crippen molar-refractivity contribution >= 4 is 18.6 Å². The lowest BCUT2D eigenvalue weighted by Gasteiger charge is -1.89. The third-order valence-corrected chi connectivity index (χ3v) is 1.27. The van der Waals surface area contributed by atoms with Gasteiger partial charge in [0.05, 0.1) is 5.56 Å². The molecule has 5 N–H and O–H groups in total. The first-order valence-corrected chi connectivity index (χ1v) is 2.95. The minimum Gasteiger partial charge on any atom is -0.422 e. The summed E-state index contributed by atoms with van der Waals surface area (Å²) in [6.45, 7) is 0. The molecule has 5 nitrogen and oxygen atoms in total. The van der Waals surface area contributed by atoms with Crippen LogP contribution in [0.25, 0.3) is 0 Å². The largest absolute Gasteiger partial charge is 0.505 e. The maximum absolute atomic E-state index is 10.5. The number of rotatable bonds is 2. The lowest BCUT2D eigenvalue weighted by molar-refractivity contribution is 0.100. The zero-order valence-corrected chi connectivity index (χ0v) is 5.61. The van der Waals surface area contributed by atoms with Crippen LogP contribution in [0.15, 0.2) is 12.3 Å². The number of hydrogen-bond donors (Lipinski definition) is 4. The molecular weight excluding hydrogens is 147 g/mol. The van der Waals surface area contributed by atoms with Crippen LogP contribution in [0, 0.1) is 0 Å². The molecule has 0 bridgehead atoms. The summed E-state index contributed by atoms with van der Waals surface area (Å²) in [6.07, 6.45) is 1.32. The number of hydrogen-bond acceptors (Lipinski definition) is 3. The average Bonchev–Trinajstić information content (AvgIpc) is 2.33. The van der Waals surface area contributed by atoms with Crippen molar-refractivity contribution in [2.24, 2.45) is 5.73 Å². The molecular formula is C5H7BN2O3. The summed E-state index contributed by atoms with van der Waals surface area (Å²) in [5.74, 6) is -0.604. The van der Waals surface area contributed by atoms with Gasteiger partial charge in [-0.05, 0) is 6.07 Å². The van der Waals surface area contributed by atoms with E-state index >= 15 is 0 Å². The molecule has 0 unspecified atom stereocenters. The smallest absolute Gasteiger partial charge is 0.422 e. The van der Waals surface area contributed by atoms with Gasteiger partial charge in [0.2, 0.25) is 5.91 Å². The van der Waals surface area contributed by atoms with Crippen molar-refractivity contribution < 1.29 is 14.8 Å². The molecule has 0 aliphatic carbocycles. The van der Waals surface area contributed by atoms with Gasteiger partial charge in [-0.2, -0.15) is 0 Å². The Bertz CT molecular complexity index is 270. The molecule has 58 valence electrons. The van der Waals surface area contributed by atoms with Crippen LogP contribution in [-0.2, 0) is 0 Å². The molecule has 11 heavy (non-hydrogen) atoms. The number of carbonyl (C=O) groups excluding carboxylic acids is 1. The molecule has 0 aromatic carbocycles. The van der Waals surface area contributed by atoms with E-state index in [1.54, 1.807) is 0 Å². The minimum absolute atomic E-state index is 0.152. The number of nitrogens with two attached hydrogens (primary N) is 1.